The zero-order chi connectivity index (χ0) is 18.8. The predicted molar refractivity (Wildman–Crippen MR) is 115 cm³/mol. The lowest BCUT2D eigenvalue weighted by atomic mass is 9.84. The molecule has 2 fully saturated rings. The van der Waals surface area contributed by atoms with E-state index in [0.717, 1.165) is 19.5 Å². The molecule has 144 valence electrons. The normalized spacial score (nSPS) is 24.9. The standard InChI is InChI=1S/C23H26N4S/c1-2-4-17(5-3-1)18-6-8-19(9-7-18)23-21-14-27(13-11-22(21)25-26-23)12-10-20-15-28-16-24-20/h1-9,15-16,21-23,25-26H,10-14H2. The second-order valence-corrected chi connectivity index (χ2v) is 8.56. The Labute approximate surface area is 170 Å². The first-order valence-corrected chi connectivity index (χ1v) is 11.1. The number of benzene rings is 2. The molecule has 0 aliphatic carbocycles. The molecule has 3 unspecified atom stereocenters. The fourth-order valence-corrected chi connectivity index (χ4v) is 5.15. The van der Waals surface area contributed by atoms with Crippen molar-refractivity contribution in [3.8, 4) is 11.1 Å². The van der Waals surface area contributed by atoms with Crippen LogP contribution in [0.15, 0.2) is 65.5 Å². The number of nitrogens with one attached hydrogen (secondary N) is 2. The molecule has 28 heavy (non-hydrogen) atoms. The first-order valence-electron chi connectivity index (χ1n) is 10.1. The zero-order valence-corrected chi connectivity index (χ0v) is 16.7. The van der Waals surface area contributed by atoms with Gasteiger partial charge < -0.3 is 4.90 Å². The maximum atomic E-state index is 4.43. The van der Waals surface area contributed by atoms with Gasteiger partial charge in [0.1, 0.15) is 0 Å². The van der Waals surface area contributed by atoms with Crippen molar-refractivity contribution in [3.63, 3.8) is 0 Å². The first kappa shape index (κ1) is 18.0. The van der Waals surface area contributed by atoms with E-state index in [1.54, 1.807) is 11.3 Å². The molecule has 0 spiro atoms. The minimum Gasteiger partial charge on any atom is -0.302 e. The van der Waals surface area contributed by atoms with Crippen molar-refractivity contribution in [1.82, 2.24) is 20.7 Å². The molecule has 5 rings (SSSR count). The van der Waals surface area contributed by atoms with Crippen LogP contribution in [0.1, 0.15) is 23.7 Å². The van der Waals surface area contributed by atoms with Crippen LogP contribution in [0.4, 0.5) is 0 Å². The third-order valence-corrected chi connectivity index (χ3v) is 6.77. The van der Waals surface area contributed by atoms with Gasteiger partial charge in [-0.05, 0) is 29.7 Å². The number of fused-ring (bicyclic) bond motifs is 1. The highest BCUT2D eigenvalue weighted by Crippen LogP contribution is 2.34. The minimum atomic E-state index is 0.372. The van der Waals surface area contributed by atoms with Crippen LogP contribution in [-0.2, 0) is 6.42 Å². The summed E-state index contributed by atoms with van der Waals surface area (Å²) in [5.74, 6) is 0.603. The lowest BCUT2D eigenvalue weighted by Gasteiger charge is -2.36. The van der Waals surface area contributed by atoms with Gasteiger partial charge in [0, 0.05) is 36.9 Å². The van der Waals surface area contributed by atoms with Gasteiger partial charge in [0.2, 0.25) is 0 Å². The smallest absolute Gasteiger partial charge is 0.0794 e. The van der Waals surface area contributed by atoms with E-state index in [1.165, 1.54) is 35.3 Å². The van der Waals surface area contributed by atoms with E-state index in [0.29, 0.717) is 18.0 Å². The summed E-state index contributed by atoms with van der Waals surface area (Å²) in [5, 5.41) is 2.17. The number of aromatic nitrogens is 1. The molecule has 2 aliphatic rings. The fourth-order valence-electron chi connectivity index (χ4n) is 4.55. The molecule has 2 saturated heterocycles. The van der Waals surface area contributed by atoms with E-state index in [2.05, 4.69) is 80.7 Å². The number of hydrogen-bond donors (Lipinski definition) is 2. The molecule has 0 amide bonds. The second-order valence-electron chi connectivity index (χ2n) is 7.84. The molecule has 2 aliphatic heterocycles. The molecule has 1 aromatic heterocycles. The third-order valence-electron chi connectivity index (χ3n) is 6.14. The highest BCUT2D eigenvalue weighted by molar-refractivity contribution is 7.07. The average molecular weight is 391 g/mol. The van der Waals surface area contributed by atoms with Crippen LogP contribution >= 0.6 is 11.3 Å². The highest BCUT2D eigenvalue weighted by Gasteiger charge is 2.40. The van der Waals surface area contributed by atoms with Gasteiger partial charge in [-0.2, -0.15) is 0 Å². The van der Waals surface area contributed by atoms with Crippen LogP contribution in [0.2, 0.25) is 0 Å². The minimum absolute atomic E-state index is 0.372. The number of thiazole rings is 1. The van der Waals surface area contributed by atoms with E-state index in [-0.39, 0.29) is 0 Å². The Kier molecular flexibility index (Phi) is 5.23. The van der Waals surface area contributed by atoms with Gasteiger partial charge in [-0.15, -0.1) is 11.3 Å². The third kappa shape index (κ3) is 3.76. The molecular formula is C23H26N4S. The summed E-state index contributed by atoms with van der Waals surface area (Å²) in [6.07, 6.45) is 2.26. The number of likely N-dealkylation sites (tertiary alicyclic amines) is 1. The average Bonchev–Trinajstić information content (AvgIpc) is 3.43. The van der Waals surface area contributed by atoms with Crippen molar-refractivity contribution in [2.24, 2.45) is 5.92 Å². The van der Waals surface area contributed by atoms with Gasteiger partial charge in [0.15, 0.2) is 0 Å². The van der Waals surface area contributed by atoms with Gasteiger partial charge in [0.05, 0.1) is 17.2 Å². The van der Waals surface area contributed by atoms with Crippen LogP contribution in [0, 0.1) is 5.92 Å². The van der Waals surface area contributed by atoms with Crippen molar-refractivity contribution < 1.29 is 0 Å². The van der Waals surface area contributed by atoms with Crippen LogP contribution in [-0.4, -0.2) is 35.6 Å². The van der Waals surface area contributed by atoms with Gasteiger partial charge in [-0.3, -0.25) is 5.43 Å². The van der Waals surface area contributed by atoms with Crippen molar-refractivity contribution in [2.45, 2.75) is 24.9 Å². The summed E-state index contributed by atoms with van der Waals surface area (Å²) < 4.78 is 0. The van der Waals surface area contributed by atoms with Crippen LogP contribution < -0.4 is 10.9 Å². The molecule has 2 aromatic carbocycles. The summed E-state index contributed by atoms with van der Waals surface area (Å²) in [6, 6.07) is 20.6. The lowest BCUT2D eigenvalue weighted by Crippen LogP contribution is -2.46. The second kappa shape index (κ2) is 8.13. The Hall–Kier alpha value is -2.05. The lowest BCUT2D eigenvalue weighted by molar-refractivity contribution is 0.156. The van der Waals surface area contributed by atoms with Crippen molar-refractivity contribution in [3.05, 3.63) is 76.7 Å². The quantitative estimate of drug-likeness (QED) is 0.693. The van der Waals surface area contributed by atoms with Crippen molar-refractivity contribution in [1.29, 1.82) is 0 Å². The molecular weight excluding hydrogens is 364 g/mol. The molecule has 3 aromatic rings. The SMILES string of the molecule is c1ccc(-c2ccc(C3NNC4CCN(CCc5cscn5)CC43)cc2)cc1. The van der Waals surface area contributed by atoms with E-state index >= 15 is 0 Å². The Balaban J connectivity index is 1.26. The van der Waals surface area contributed by atoms with Crippen LogP contribution in [0.3, 0.4) is 0 Å². The molecule has 3 heterocycles. The van der Waals surface area contributed by atoms with Gasteiger partial charge >= 0.3 is 0 Å². The Morgan fingerprint density at radius 2 is 1.82 bits per heavy atom. The number of piperidine rings is 1. The van der Waals surface area contributed by atoms with E-state index in [9.17, 15) is 0 Å². The maximum absolute atomic E-state index is 4.43. The molecule has 3 atom stereocenters. The van der Waals surface area contributed by atoms with E-state index < -0.39 is 0 Å². The molecule has 5 heteroatoms. The van der Waals surface area contributed by atoms with E-state index in [1.807, 2.05) is 5.51 Å². The predicted octanol–water partition coefficient (Wildman–Crippen LogP) is 3.89. The number of hydrogen-bond acceptors (Lipinski definition) is 5. The molecule has 0 bridgehead atoms. The van der Waals surface area contributed by atoms with E-state index in [4.69, 9.17) is 0 Å². The van der Waals surface area contributed by atoms with Gasteiger partial charge in [0.25, 0.3) is 0 Å². The molecule has 0 radical (unpaired) electrons. The maximum Gasteiger partial charge on any atom is 0.0794 e. The van der Waals surface area contributed by atoms with Gasteiger partial charge in [-0.25, -0.2) is 10.4 Å². The summed E-state index contributed by atoms with van der Waals surface area (Å²) in [7, 11) is 0. The molecule has 0 saturated carbocycles. The number of nitrogens with zero attached hydrogens (tertiary/aromatic N) is 2. The first-order chi connectivity index (χ1) is 13.9. The van der Waals surface area contributed by atoms with Crippen LogP contribution in [0.25, 0.3) is 11.1 Å². The fraction of sp³-hybridized carbons (Fsp3) is 0.348. The van der Waals surface area contributed by atoms with Crippen molar-refractivity contribution in [2.75, 3.05) is 19.6 Å². The monoisotopic (exact) mass is 390 g/mol. The molecule has 4 nitrogen and oxygen atoms in total. The Bertz CT molecular complexity index is 879. The number of hydrazine groups is 1. The zero-order valence-electron chi connectivity index (χ0n) is 15.9. The largest absolute Gasteiger partial charge is 0.302 e. The molecule has 2 N–H and O–H groups in total. The summed E-state index contributed by atoms with van der Waals surface area (Å²) in [6.45, 7) is 3.41. The topological polar surface area (TPSA) is 40.2 Å². The van der Waals surface area contributed by atoms with Gasteiger partial charge in [-0.1, -0.05) is 54.6 Å². The Morgan fingerprint density at radius 3 is 2.61 bits per heavy atom. The summed E-state index contributed by atoms with van der Waals surface area (Å²) >= 11 is 1.69. The number of rotatable bonds is 5. The highest BCUT2D eigenvalue weighted by atomic mass is 32.1. The van der Waals surface area contributed by atoms with Crippen molar-refractivity contribution >= 4 is 11.3 Å². The summed E-state index contributed by atoms with van der Waals surface area (Å²) in [5.41, 5.74) is 14.2. The summed E-state index contributed by atoms with van der Waals surface area (Å²) in [4.78, 5) is 7.04. The Morgan fingerprint density at radius 1 is 1.00 bits per heavy atom. The van der Waals surface area contributed by atoms with Crippen LogP contribution in [0.5, 0.6) is 0 Å².